The number of aliphatic hydroxyl groups is 1. The predicted molar refractivity (Wildman–Crippen MR) is 61.5 cm³/mol. The van der Waals surface area contributed by atoms with Crippen molar-refractivity contribution in [1.29, 1.82) is 0 Å². The fourth-order valence-corrected chi connectivity index (χ4v) is 2.08. The van der Waals surface area contributed by atoms with E-state index in [1.165, 1.54) is 12.8 Å². The van der Waals surface area contributed by atoms with Crippen molar-refractivity contribution < 1.29 is 5.11 Å². The molecule has 1 aliphatic rings. The zero-order chi connectivity index (χ0) is 10.7. The molecule has 2 unspecified atom stereocenters. The number of benzene rings is 1. The Morgan fingerprint density at radius 2 is 2.13 bits per heavy atom. The molecule has 1 fully saturated rings. The first-order valence-corrected chi connectivity index (χ1v) is 5.52. The lowest BCUT2D eigenvalue weighted by Crippen LogP contribution is -2.23. The van der Waals surface area contributed by atoms with Crippen LogP contribution in [0.4, 0.5) is 5.69 Å². The number of hydrogen-bond acceptors (Lipinski definition) is 3. The van der Waals surface area contributed by atoms with Crippen molar-refractivity contribution in [2.24, 2.45) is 0 Å². The van der Waals surface area contributed by atoms with Gasteiger partial charge < -0.3 is 16.2 Å². The molecule has 3 heteroatoms. The number of nitrogens with two attached hydrogens (primary N) is 1. The van der Waals surface area contributed by atoms with Crippen molar-refractivity contribution in [3.63, 3.8) is 0 Å². The van der Waals surface area contributed by atoms with Crippen molar-refractivity contribution in [3.8, 4) is 0 Å². The quantitative estimate of drug-likeness (QED) is 0.656. The second-order valence-corrected chi connectivity index (χ2v) is 4.21. The van der Waals surface area contributed by atoms with Crippen molar-refractivity contribution in [2.75, 3.05) is 12.3 Å². The van der Waals surface area contributed by atoms with Crippen molar-refractivity contribution in [3.05, 3.63) is 29.8 Å². The highest BCUT2D eigenvalue weighted by Crippen LogP contribution is 2.22. The number of hydrogen-bond donors (Lipinski definition) is 3. The molecule has 15 heavy (non-hydrogen) atoms. The maximum absolute atomic E-state index is 9.99. The molecule has 0 aromatic heterocycles. The lowest BCUT2D eigenvalue weighted by Gasteiger charge is -2.16. The van der Waals surface area contributed by atoms with E-state index >= 15 is 0 Å². The van der Waals surface area contributed by atoms with Crippen molar-refractivity contribution in [2.45, 2.75) is 31.4 Å². The minimum Gasteiger partial charge on any atom is -0.399 e. The maximum atomic E-state index is 9.99. The smallest absolute Gasteiger partial charge is 0.0804 e. The van der Waals surface area contributed by atoms with Gasteiger partial charge in [0.25, 0.3) is 0 Å². The van der Waals surface area contributed by atoms with Gasteiger partial charge in [0.2, 0.25) is 0 Å². The van der Waals surface area contributed by atoms with Crippen LogP contribution in [0, 0.1) is 0 Å². The number of anilines is 1. The highest BCUT2D eigenvalue weighted by molar-refractivity contribution is 5.39. The molecule has 1 heterocycles. The summed E-state index contributed by atoms with van der Waals surface area (Å²) in [6.45, 7) is 1.08. The van der Waals surface area contributed by atoms with Gasteiger partial charge in [-0.15, -0.1) is 0 Å². The standard InChI is InChI=1S/C12H18N2O/c13-10-5-3-9(4-6-10)12(15)8-11-2-1-7-14-11/h3-6,11-12,14-15H,1-2,7-8,13H2. The molecular weight excluding hydrogens is 188 g/mol. The van der Waals surface area contributed by atoms with E-state index in [0.29, 0.717) is 6.04 Å². The summed E-state index contributed by atoms with van der Waals surface area (Å²) in [6.07, 6.45) is 2.82. The summed E-state index contributed by atoms with van der Waals surface area (Å²) in [7, 11) is 0. The molecule has 1 saturated heterocycles. The molecule has 0 spiro atoms. The molecule has 0 bridgehead atoms. The van der Waals surface area contributed by atoms with Gasteiger partial charge in [-0.3, -0.25) is 0 Å². The molecule has 2 atom stereocenters. The summed E-state index contributed by atoms with van der Waals surface area (Å²) in [5.41, 5.74) is 7.29. The van der Waals surface area contributed by atoms with Crippen LogP contribution >= 0.6 is 0 Å². The van der Waals surface area contributed by atoms with Gasteiger partial charge in [-0.1, -0.05) is 12.1 Å². The van der Waals surface area contributed by atoms with Gasteiger partial charge in [-0.05, 0) is 43.5 Å². The lowest BCUT2D eigenvalue weighted by atomic mass is 10.0. The molecule has 4 N–H and O–H groups in total. The van der Waals surface area contributed by atoms with Gasteiger partial charge in [0.05, 0.1) is 6.10 Å². The van der Waals surface area contributed by atoms with Crippen LogP contribution < -0.4 is 11.1 Å². The van der Waals surface area contributed by atoms with Gasteiger partial charge in [-0.2, -0.15) is 0 Å². The van der Waals surface area contributed by atoms with E-state index in [1.807, 2.05) is 24.3 Å². The Morgan fingerprint density at radius 1 is 1.40 bits per heavy atom. The summed E-state index contributed by atoms with van der Waals surface area (Å²) in [5.74, 6) is 0. The van der Waals surface area contributed by atoms with Crippen LogP contribution in [0.5, 0.6) is 0 Å². The van der Waals surface area contributed by atoms with Crippen molar-refractivity contribution >= 4 is 5.69 Å². The third-order valence-corrected chi connectivity index (χ3v) is 2.99. The Kier molecular flexibility index (Phi) is 3.23. The molecular formula is C12H18N2O. The third-order valence-electron chi connectivity index (χ3n) is 2.99. The molecule has 0 amide bonds. The summed E-state index contributed by atoms with van der Waals surface area (Å²) >= 11 is 0. The van der Waals surface area contributed by atoms with Crippen LogP contribution in [-0.2, 0) is 0 Å². The minimum absolute atomic E-state index is 0.374. The van der Waals surface area contributed by atoms with Gasteiger partial charge in [0, 0.05) is 11.7 Å². The first-order valence-electron chi connectivity index (χ1n) is 5.52. The normalized spacial score (nSPS) is 22.9. The summed E-state index contributed by atoms with van der Waals surface area (Å²) in [5, 5.41) is 13.4. The summed E-state index contributed by atoms with van der Waals surface area (Å²) in [4.78, 5) is 0. The fraction of sp³-hybridized carbons (Fsp3) is 0.500. The number of rotatable bonds is 3. The van der Waals surface area contributed by atoms with Gasteiger partial charge in [0.1, 0.15) is 0 Å². The van der Waals surface area contributed by atoms with Crippen LogP contribution in [0.2, 0.25) is 0 Å². The van der Waals surface area contributed by atoms with Crippen LogP contribution in [0.3, 0.4) is 0 Å². The minimum atomic E-state index is -0.374. The van der Waals surface area contributed by atoms with E-state index in [2.05, 4.69) is 5.32 Å². The summed E-state index contributed by atoms with van der Waals surface area (Å²) < 4.78 is 0. The predicted octanol–water partition coefficient (Wildman–Crippen LogP) is 1.44. The van der Waals surface area contributed by atoms with Crippen LogP contribution in [0.25, 0.3) is 0 Å². The SMILES string of the molecule is Nc1ccc(C(O)CC2CCCN2)cc1. The molecule has 1 aliphatic heterocycles. The first-order chi connectivity index (χ1) is 7.25. The van der Waals surface area contributed by atoms with Gasteiger partial charge in [-0.25, -0.2) is 0 Å². The third kappa shape index (κ3) is 2.70. The molecule has 3 nitrogen and oxygen atoms in total. The Balaban J connectivity index is 1.94. The maximum Gasteiger partial charge on any atom is 0.0804 e. The van der Waals surface area contributed by atoms with Crippen molar-refractivity contribution in [1.82, 2.24) is 5.32 Å². The van der Waals surface area contributed by atoms with Gasteiger partial charge >= 0.3 is 0 Å². The van der Waals surface area contributed by atoms with E-state index in [4.69, 9.17) is 5.73 Å². The zero-order valence-electron chi connectivity index (χ0n) is 8.82. The van der Waals surface area contributed by atoms with Crippen LogP contribution in [0.15, 0.2) is 24.3 Å². The topological polar surface area (TPSA) is 58.3 Å². The highest BCUT2D eigenvalue weighted by atomic mass is 16.3. The van der Waals surface area contributed by atoms with E-state index in [1.54, 1.807) is 0 Å². The highest BCUT2D eigenvalue weighted by Gasteiger charge is 2.18. The molecule has 82 valence electrons. The number of nitrogen functional groups attached to an aromatic ring is 1. The Bertz CT molecular complexity index is 304. The second-order valence-electron chi connectivity index (χ2n) is 4.21. The van der Waals surface area contributed by atoms with Crippen LogP contribution in [-0.4, -0.2) is 17.7 Å². The van der Waals surface area contributed by atoms with Crippen LogP contribution in [0.1, 0.15) is 30.9 Å². The van der Waals surface area contributed by atoms with E-state index in [-0.39, 0.29) is 6.10 Å². The first kappa shape index (κ1) is 10.5. The molecule has 0 saturated carbocycles. The lowest BCUT2D eigenvalue weighted by molar-refractivity contribution is 0.154. The molecule has 1 aromatic rings. The molecule has 2 rings (SSSR count). The Hall–Kier alpha value is -1.06. The second kappa shape index (κ2) is 4.64. The molecule has 0 aliphatic carbocycles. The average Bonchev–Trinajstić information content (AvgIpc) is 2.71. The van der Waals surface area contributed by atoms with E-state index < -0.39 is 0 Å². The monoisotopic (exact) mass is 206 g/mol. The fourth-order valence-electron chi connectivity index (χ4n) is 2.08. The number of nitrogens with one attached hydrogen (secondary N) is 1. The number of aliphatic hydroxyl groups excluding tert-OH is 1. The Labute approximate surface area is 90.3 Å². The zero-order valence-corrected chi connectivity index (χ0v) is 8.82. The molecule has 0 radical (unpaired) electrons. The van der Waals surface area contributed by atoms with E-state index in [9.17, 15) is 5.11 Å². The average molecular weight is 206 g/mol. The van der Waals surface area contributed by atoms with Gasteiger partial charge in [0.15, 0.2) is 0 Å². The van der Waals surface area contributed by atoms with E-state index in [0.717, 1.165) is 24.2 Å². The largest absolute Gasteiger partial charge is 0.399 e. The summed E-state index contributed by atoms with van der Waals surface area (Å²) in [6, 6.07) is 7.93. The Morgan fingerprint density at radius 3 is 2.73 bits per heavy atom. The molecule has 1 aromatic carbocycles.